The Hall–Kier alpha value is -3.44. The summed E-state index contributed by atoms with van der Waals surface area (Å²) in [5.41, 5.74) is 4.25. The molecule has 1 unspecified atom stereocenters. The summed E-state index contributed by atoms with van der Waals surface area (Å²) in [5.74, 6) is -0.925. The zero-order valence-electron chi connectivity index (χ0n) is 16.7. The van der Waals surface area contributed by atoms with E-state index in [1.54, 1.807) is 6.07 Å². The minimum Gasteiger partial charge on any atom is -0.495 e. The number of carbonyl (C=O) groups excluding carboxylic acids is 1. The Labute approximate surface area is 175 Å². The summed E-state index contributed by atoms with van der Waals surface area (Å²) < 4.78 is 5.57. The van der Waals surface area contributed by atoms with Crippen LogP contribution in [0.5, 0.6) is 5.75 Å². The van der Waals surface area contributed by atoms with Crippen LogP contribution < -0.4 is 10.1 Å². The monoisotopic (exact) mass is 401 g/mol. The maximum atomic E-state index is 13.3. The number of hydrogen-bond acceptors (Lipinski definition) is 4. The van der Waals surface area contributed by atoms with Crippen LogP contribution in [-0.2, 0) is 12.8 Å². The number of benzene rings is 3. The van der Waals surface area contributed by atoms with Crippen LogP contribution in [0.25, 0.3) is 0 Å². The Bertz CT molecular complexity index is 1090. The van der Waals surface area contributed by atoms with Gasteiger partial charge < -0.3 is 15.2 Å². The fraction of sp³-hybridized carbons (Fsp3) is 0.200. The van der Waals surface area contributed by atoms with E-state index in [-0.39, 0.29) is 29.6 Å². The summed E-state index contributed by atoms with van der Waals surface area (Å²) in [4.78, 5) is 25.2. The fourth-order valence-corrected chi connectivity index (χ4v) is 4.16. The predicted octanol–water partition coefficient (Wildman–Crippen LogP) is 4.05. The molecule has 152 valence electrons. The third-order valence-corrected chi connectivity index (χ3v) is 5.54. The van der Waals surface area contributed by atoms with Gasteiger partial charge in [-0.05, 0) is 35.2 Å². The molecule has 0 bridgehead atoms. The largest absolute Gasteiger partial charge is 0.495 e. The molecular weight excluding hydrogens is 378 g/mol. The van der Waals surface area contributed by atoms with Gasteiger partial charge in [-0.2, -0.15) is 0 Å². The molecule has 4 rings (SSSR count). The molecule has 3 aromatic carbocycles. The highest BCUT2D eigenvalue weighted by Crippen LogP contribution is 2.39. The lowest BCUT2D eigenvalue weighted by atomic mass is 9.84. The number of fused-ring (bicyclic) bond motifs is 1. The van der Waals surface area contributed by atoms with Gasteiger partial charge in [-0.1, -0.05) is 54.6 Å². The van der Waals surface area contributed by atoms with E-state index >= 15 is 0 Å². The second kappa shape index (κ2) is 8.51. The van der Waals surface area contributed by atoms with Gasteiger partial charge in [-0.15, -0.1) is 0 Å². The predicted molar refractivity (Wildman–Crippen MR) is 114 cm³/mol. The molecule has 5 nitrogen and oxygen atoms in total. The van der Waals surface area contributed by atoms with E-state index in [1.807, 2.05) is 48.5 Å². The first-order valence-electron chi connectivity index (χ1n) is 9.92. The highest BCUT2D eigenvalue weighted by Gasteiger charge is 2.31. The molecule has 0 radical (unpaired) electrons. The average Bonchev–Trinajstić information content (AvgIpc) is 2.78. The summed E-state index contributed by atoms with van der Waals surface area (Å²) >= 11 is 0. The molecule has 0 fully saturated rings. The van der Waals surface area contributed by atoms with E-state index in [0.717, 1.165) is 24.1 Å². The van der Waals surface area contributed by atoms with Crippen LogP contribution in [0.15, 0.2) is 66.7 Å². The maximum absolute atomic E-state index is 13.3. The van der Waals surface area contributed by atoms with Gasteiger partial charge in [0.25, 0.3) is 0 Å². The van der Waals surface area contributed by atoms with Gasteiger partial charge in [0.05, 0.1) is 13.2 Å². The number of carbonyl (C=O) groups is 2. The number of aromatic carboxylic acids is 1. The van der Waals surface area contributed by atoms with Crippen molar-refractivity contribution in [3.8, 4) is 5.75 Å². The van der Waals surface area contributed by atoms with Gasteiger partial charge in [0.1, 0.15) is 11.3 Å². The summed E-state index contributed by atoms with van der Waals surface area (Å²) in [6, 6.07) is 20.3. The molecule has 30 heavy (non-hydrogen) atoms. The van der Waals surface area contributed by atoms with Gasteiger partial charge in [-0.25, -0.2) is 4.79 Å². The van der Waals surface area contributed by atoms with E-state index in [9.17, 15) is 14.7 Å². The topological polar surface area (TPSA) is 75.6 Å². The number of carboxylic acids is 1. The van der Waals surface area contributed by atoms with Crippen molar-refractivity contribution in [2.24, 2.45) is 0 Å². The molecule has 0 amide bonds. The van der Waals surface area contributed by atoms with Crippen LogP contribution in [0.3, 0.4) is 0 Å². The van der Waals surface area contributed by atoms with Crippen LogP contribution in [-0.4, -0.2) is 30.5 Å². The molecule has 0 saturated heterocycles. The van der Waals surface area contributed by atoms with Crippen LogP contribution >= 0.6 is 0 Å². The quantitative estimate of drug-likeness (QED) is 0.610. The second-order valence-electron chi connectivity index (χ2n) is 7.33. The third-order valence-electron chi connectivity index (χ3n) is 5.54. The van der Waals surface area contributed by atoms with Gasteiger partial charge in [0.15, 0.2) is 5.78 Å². The lowest BCUT2D eigenvalue weighted by Crippen LogP contribution is -2.32. The number of methoxy groups -OCH3 is 1. The van der Waals surface area contributed by atoms with Crippen LogP contribution in [0.4, 0.5) is 0 Å². The summed E-state index contributed by atoms with van der Waals surface area (Å²) in [7, 11) is 1.45. The molecule has 2 N–H and O–H groups in total. The lowest BCUT2D eigenvalue weighted by Gasteiger charge is -2.30. The second-order valence-corrected chi connectivity index (χ2v) is 7.33. The summed E-state index contributed by atoms with van der Waals surface area (Å²) in [6.45, 7) is 0.731. The first kappa shape index (κ1) is 19.9. The smallest absolute Gasteiger partial charge is 0.339 e. The SMILES string of the molecule is COc1c(C(=O)O)ccc(C(=O)Cc2ccccc2)c1C1NCCc2ccccc21. The number of Topliss-reactive ketones (excluding diaryl/α,β-unsaturated/α-hetero) is 1. The standard InChI is InChI=1S/C25H23NO4/c1-30-24-20(25(28)29)12-11-19(21(27)15-16-7-3-2-4-8-16)22(24)23-18-10-6-5-9-17(18)13-14-26-23/h2-12,23,26H,13-15H2,1H3,(H,28,29). The molecule has 1 aliphatic rings. The van der Waals surface area contributed by atoms with Crippen molar-refractivity contribution in [2.75, 3.05) is 13.7 Å². The van der Waals surface area contributed by atoms with Crippen LogP contribution in [0.2, 0.25) is 0 Å². The lowest BCUT2D eigenvalue weighted by molar-refractivity contribution is 0.0692. The zero-order valence-corrected chi connectivity index (χ0v) is 16.7. The molecule has 0 aliphatic carbocycles. The summed E-state index contributed by atoms with van der Waals surface area (Å²) in [6.07, 6.45) is 1.11. The number of hydrogen-bond donors (Lipinski definition) is 2. The van der Waals surface area contributed by atoms with E-state index in [0.29, 0.717) is 11.1 Å². The van der Waals surface area contributed by atoms with Gasteiger partial charge in [-0.3, -0.25) is 4.79 Å². The Morgan fingerprint density at radius 1 is 1.00 bits per heavy atom. The molecule has 5 heteroatoms. The van der Waals surface area contributed by atoms with Gasteiger partial charge >= 0.3 is 5.97 Å². The Kier molecular flexibility index (Phi) is 5.63. The van der Waals surface area contributed by atoms with E-state index in [4.69, 9.17) is 4.74 Å². The number of ether oxygens (including phenoxy) is 1. The molecule has 0 spiro atoms. The maximum Gasteiger partial charge on any atom is 0.339 e. The van der Waals surface area contributed by atoms with Crippen molar-refractivity contribution in [3.63, 3.8) is 0 Å². The molecule has 0 saturated carbocycles. The average molecular weight is 401 g/mol. The molecule has 0 aromatic heterocycles. The summed E-state index contributed by atoms with van der Waals surface area (Å²) in [5, 5.41) is 13.2. The minimum atomic E-state index is -1.08. The van der Waals surface area contributed by atoms with Crippen LogP contribution in [0, 0.1) is 0 Å². The van der Waals surface area contributed by atoms with Crippen molar-refractivity contribution >= 4 is 11.8 Å². The molecule has 1 atom stereocenters. The highest BCUT2D eigenvalue weighted by atomic mass is 16.5. The third kappa shape index (κ3) is 3.72. The number of carboxylic acid groups (broad SMARTS) is 1. The normalized spacial score (nSPS) is 15.3. The fourth-order valence-electron chi connectivity index (χ4n) is 4.16. The number of rotatable bonds is 6. The Morgan fingerprint density at radius 3 is 2.43 bits per heavy atom. The van der Waals surface area contributed by atoms with Crippen molar-refractivity contribution in [2.45, 2.75) is 18.9 Å². The number of nitrogens with one attached hydrogen (secondary N) is 1. The number of ketones is 1. The molecular formula is C25H23NO4. The minimum absolute atomic E-state index is 0.0496. The van der Waals surface area contributed by atoms with E-state index in [1.165, 1.54) is 18.7 Å². The van der Waals surface area contributed by atoms with Crippen molar-refractivity contribution in [1.82, 2.24) is 5.32 Å². The first-order chi connectivity index (χ1) is 14.6. The van der Waals surface area contributed by atoms with Crippen molar-refractivity contribution in [1.29, 1.82) is 0 Å². The molecule has 1 heterocycles. The van der Waals surface area contributed by atoms with Crippen LogP contribution in [0.1, 0.15) is 49.0 Å². The van der Waals surface area contributed by atoms with E-state index in [2.05, 4.69) is 11.4 Å². The van der Waals surface area contributed by atoms with Gasteiger partial charge in [0, 0.05) is 24.1 Å². The highest BCUT2D eigenvalue weighted by molar-refractivity contribution is 6.02. The Morgan fingerprint density at radius 2 is 1.70 bits per heavy atom. The Balaban J connectivity index is 1.88. The van der Waals surface area contributed by atoms with Gasteiger partial charge in [0.2, 0.25) is 0 Å². The molecule has 3 aromatic rings. The van der Waals surface area contributed by atoms with Crippen molar-refractivity contribution < 1.29 is 19.4 Å². The first-order valence-corrected chi connectivity index (χ1v) is 9.92. The zero-order chi connectivity index (χ0) is 21.1. The molecule has 1 aliphatic heterocycles. The van der Waals surface area contributed by atoms with E-state index < -0.39 is 5.97 Å². The van der Waals surface area contributed by atoms with Crippen molar-refractivity contribution in [3.05, 3.63) is 100 Å².